The van der Waals surface area contributed by atoms with E-state index in [9.17, 15) is 5.11 Å². The molecule has 0 aromatic heterocycles. The van der Waals surface area contributed by atoms with Crippen LogP contribution in [0.2, 0.25) is 0 Å². The van der Waals surface area contributed by atoms with Crippen molar-refractivity contribution in [2.75, 3.05) is 52.5 Å². The maximum Gasteiger partial charge on any atom is 0.0644 e. The van der Waals surface area contributed by atoms with Crippen LogP contribution in [0.1, 0.15) is 12.8 Å². The van der Waals surface area contributed by atoms with Crippen LogP contribution >= 0.6 is 0 Å². The van der Waals surface area contributed by atoms with Gasteiger partial charge in [-0.3, -0.25) is 4.90 Å². The number of aliphatic hydroxyl groups is 1. The summed E-state index contributed by atoms with van der Waals surface area (Å²) >= 11 is 0. The van der Waals surface area contributed by atoms with Gasteiger partial charge in [0.1, 0.15) is 0 Å². The first-order chi connectivity index (χ1) is 7.40. The molecule has 88 valence electrons. The second-order valence-corrected chi connectivity index (χ2v) is 4.50. The largest absolute Gasteiger partial charge is 0.395 e. The third kappa shape index (κ3) is 3.14. The first kappa shape index (κ1) is 11.3. The zero-order chi connectivity index (χ0) is 10.5. The van der Waals surface area contributed by atoms with Crippen LogP contribution in [0.3, 0.4) is 0 Å². The van der Waals surface area contributed by atoms with E-state index in [2.05, 4.69) is 9.80 Å². The van der Waals surface area contributed by atoms with Crippen molar-refractivity contribution in [1.29, 1.82) is 0 Å². The minimum atomic E-state index is 0.222. The highest BCUT2D eigenvalue weighted by Crippen LogP contribution is 2.09. The fraction of sp³-hybridized carbons (Fsp3) is 1.00. The Morgan fingerprint density at radius 3 is 2.67 bits per heavy atom. The number of aliphatic hydroxyl groups excluding tert-OH is 1. The Hall–Kier alpha value is -0.160. The summed E-state index contributed by atoms with van der Waals surface area (Å²) in [5.74, 6) is 0. The van der Waals surface area contributed by atoms with Crippen molar-refractivity contribution in [2.24, 2.45) is 0 Å². The van der Waals surface area contributed by atoms with E-state index in [0.29, 0.717) is 6.61 Å². The molecule has 0 amide bonds. The van der Waals surface area contributed by atoms with E-state index in [1.165, 1.54) is 25.9 Å². The summed E-state index contributed by atoms with van der Waals surface area (Å²) in [4.78, 5) is 4.88. The van der Waals surface area contributed by atoms with Crippen molar-refractivity contribution < 1.29 is 9.84 Å². The maximum absolute atomic E-state index is 9.22. The van der Waals surface area contributed by atoms with Crippen molar-refractivity contribution in [1.82, 2.24) is 9.80 Å². The molecular formula is C11H22N2O2. The van der Waals surface area contributed by atoms with E-state index in [1.807, 2.05) is 0 Å². The van der Waals surface area contributed by atoms with E-state index in [0.717, 1.165) is 26.2 Å². The molecular weight excluding hydrogens is 192 g/mol. The van der Waals surface area contributed by atoms with Gasteiger partial charge in [0.2, 0.25) is 0 Å². The lowest BCUT2D eigenvalue weighted by Crippen LogP contribution is -2.49. The number of hydrogen-bond acceptors (Lipinski definition) is 4. The van der Waals surface area contributed by atoms with Crippen LogP contribution < -0.4 is 0 Å². The van der Waals surface area contributed by atoms with Crippen molar-refractivity contribution in [3.63, 3.8) is 0 Å². The molecule has 2 aliphatic heterocycles. The molecule has 2 rings (SSSR count). The summed E-state index contributed by atoms with van der Waals surface area (Å²) in [5, 5.41) is 9.22. The highest BCUT2D eigenvalue weighted by Gasteiger charge is 2.22. The fourth-order valence-electron chi connectivity index (χ4n) is 2.43. The first-order valence-electron chi connectivity index (χ1n) is 6.05. The zero-order valence-corrected chi connectivity index (χ0v) is 9.40. The quantitative estimate of drug-likeness (QED) is 0.701. The number of ether oxygens (including phenoxy) is 1. The number of hydrogen-bond donors (Lipinski definition) is 1. The molecule has 1 unspecified atom stereocenters. The average molecular weight is 214 g/mol. The third-order valence-electron chi connectivity index (χ3n) is 3.46. The second-order valence-electron chi connectivity index (χ2n) is 4.50. The fourth-order valence-corrected chi connectivity index (χ4v) is 2.43. The van der Waals surface area contributed by atoms with Crippen molar-refractivity contribution in [3.8, 4) is 0 Å². The number of rotatable bonds is 4. The number of morpholine rings is 1. The van der Waals surface area contributed by atoms with Crippen molar-refractivity contribution >= 4 is 0 Å². The molecule has 0 spiro atoms. The van der Waals surface area contributed by atoms with E-state index in [1.54, 1.807) is 0 Å². The lowest BCUT2D eigenvalue weighted by molar-refractivity contribution is -0.0296. The van der Waals surface area contributed by atoms with E-state index in [-0.39, 0.29) is 12.6 Å². The lowest BCUT2D eigenvalue weighted by Gasteiger charge is -2.35. The molecule has 0 radical (unpaired) electrons. The Bertz CT molecular complexity index is 183. The van der Waals surface area contributed by atoms with Gasteiger partial charge in [-0.1, -0.05) is 0 Å². The standard InChI is InChI=1S/C11H22N2O2/c14-9-11-10-15-8-7-13(11)6-5-12-3-1-2-4-12/h11,14H,1-10H2. The molecule has 2 fully saturated rings. The second kappa shape index (κ2) is 5.80. The van der Waals surface area contributed by atoms with Gasteiger partial charge in [0, 0.05) is 19.6 Å². The molecule has 2 aliphatic rings. The monoisotopic (exact) mass is 214 g/mol. The van der Waals surface area contributed by atoms with E-state index >= 15 is 0 Å². The minimum Gasteiger partial charge on any atom is -0.395 e. The van der Waals surface area contributed by atoms with Gasteiger partial charge >= 0.3 is 0 Å². The molecule has 4 heteroatoms. The predicted octanol–water partition coefficient (Wildman–Crippen LogP) is -0.225. The van der Waals surface area contributed by atoms with Gasteiger partial charge in [-0.2, -0.15) is 0 Å². The predicted molar refractivity (Wildman–Crippen MR) is 58.9 cm³/mol. The molecule has 0 aliphatic carbocycles. The highest BCUT2D eigenvalue weighted by atomic mass is 16.5. The normalized spacial score (nSPS) is 29.8. The summed E-state index contributed by atoms with van der Waals surface area (Å²) in [6.07, 6.45) is 2.71. The number of likely N-dealkylation sites (tertiary alicyclic amines) is 1. The van der Waals surface area contributed by atoms with Gasteiger partial charge in [-0.05, 0) is 25.9 Å². The topological polar surface area (TPSA) is 35.9 Å². The van der Waals surface area contributed by atoms with Crippen LogP contribution in [-0.2, 0) is 4.74 Å². The molecule has 0 bridgehead atoms. The van der Waals surface area contributed by atoms with Crippen LogP contribution in [0.15, 0.2) is 0 Å². The minimum absolute atomic E-state index is 0.222. The molecule has 0 aromatic carbocycles. The van der Waals surface area contributed by atoms with Gasteiger partial charge in [0.15, 0.2) is 0 Å². The van der Waals surface area contributed by atoms with Gasteiger partial charge < -0.3 is 14.7 Å². The zero-order valence-electron chi connectivity index (χ0n) is 9.40. The number of nitrogens with zero attached hydrogens (tertiary/aromatic N) is 2. The smallest absolute Gasteiger partial charge is 0.0644 e. The molecule has 2 saturated heterocycles. The van der Waals surface area contributed by atoms with Crippen LogP contribution in [0.5, 0.6) is 0 Å². The van der Waals surface area contributed by atoms with Crippen molar-refractivity contribution in [3.05, 3.63) is 0 Å². The Balaban J connectivity index is 1.71. The summed E-state index contributed by atoms with van der Waals surface area (Å²) in [7, 11) is 0. The van der Waals surface area contributed by atoms with Crippen LogP contribution in [0.4, 0.5) is 0 Å². The van der Waals surface area contributed by atoms with Gasteiger partial charge in [-0.15, -0.1) is 0 Å². The molecule has 2 heterocycles. The SMILES string of the molecule is OCC1COCCN1CCN1CCCC1. The van der Waals surface area contributed by atoms with E-state index in [4.69, 9.17) is 4.74 Å². The summed E-state index contributed by atoms with van der Waals surface area (Å²) in [6.45, 7) is 7.44. The third-order valence-corrected chi connectivity index (χ3v) is 3.46. The maximum atomic E-state index is 9.22. The summed E-state index contributed by atoms with van der Waals surface area (Å²) in [6, 6.07) is 0.223. The summed E-state index contributed by atoms with van der Waals surface area (Å²) in [5.41, 5.74) is 0. The Morgan fingerprint density at radius 2 is 1.93 bits per heavy atom. The molecule has 1 atom stereocenters. The average Bonchev–Trinajstić information content (AvgIpc) is 2.79. The Morgan fingerprint density at radius 1 is 1.13 bits per heavy atom. The Labute approximate surface area is 91.8 Å². The van der Waals surface area contributed by atoms with Crippen LogP contribution in [0.25, 0.3) is 0 Å². The van der Waals surface area contributed by atoms with Gasteiger partial charge in [-0.25, -0.2) is 0 Å². The van der Waals surface area contributed by atoms with Gasteiger partial charge in [0.25, 0.3) is 0 Å². The van der Waals surface area contributed by atoms with Crippen LogP contribution in [0, 0.1) is 0 Å². The van der Waals surface area contributed by atoms with Crippen LogP contribution in [-0.4, -0.2) is 73.5 Å². The Kier molecular flexibility index (Phi) is 4.38. The van der Waals surface area contributed by atoms with Crippen molar-refractivity contribution in [2.45, 2.75) is 18.9 Å². The molecule has 15 heavy (non-hydrogen) atoms. The summed E-state index contributed by atoms with van der Waals surface area (Å²) < 4.78 is 5.36. The molecule has 1 N–H and O–H groups in total. The molecule has 0 aromatic rings. The van der Waals surface area contributed by atoms with E-state index < -0.39 is 0 Å². The molecule has 4 nitrogen and oxygen atoms in total. The van der Waals surface area contributed by atoms with Gasteiger partial charge in [0.05, 0.1) is 25.9 Å². The highest BCUT2D eigenvalue weighted by molar-refractivity contribution is 4.76. The lowest BCUT2D eigenvalue weighted by atomic mass is 10.2. The first-order valence-corrected chi connectivity index (χ1v) is 6.05. The molecule has 0 saturated carbocycles.